The quantitative estimate of drug-likeness (QED) is 0.392. The van der Waals surface area contributed by atoms with Crippen LogP contribution in [-0.4, -0.2) is 0 Å². The van der Waals surface area contributed by atoms with E-state index in [1.807, 2.05) is 12.1 Å². The van der Waals surface area contributed by atoms with Crippen molar-refractivity contribution in [1.29, 1.82) is 0 Å². The summed E-state index contributed by atoms with van der Waals surface area (Å²) in [6.07, 6.45) is 0. The summed E-state index contributed by atoms with van der Waals surface area (Å²) >= 11 is 0. The highest BCUT2D eigenvalue weighted by molar-refractivity contribution is 5.57. The summed E-state index contributed by atoms with van der Waals surface area (Å²) in [6, 6.07) is 21.8. The predicted octanol–water partition coefficient (Wildman–Crippen LogP) is 6.59. The first kappa shape index (κ1) is 20.0. The summed E-state index contributed by atoms with van der Waals surface area (Å²) in [5, 5.41) is 0. The Bertz CT molecular complexity index is 895. The molecule has 0 amide bonds. The predicted molar refractivity (Wildman–Crippen MR) is 122 cm³/mol. The van der Waals surface area contributed by atoms with Crippen LogP contribution in [0.2, 0.25) is 0 Å². The molecule has 0 heterocycles. The molecule has 2 nitrogen and oxygen atoms in total. The van der Waals surface area contributed by atoms with Crippen LogP contribution in [0.1, 0.15) is 78.8 Å². The molecule has 0 aromatic heterocycles. The summed E-state index contributed by atoms with van der Waals surface area (Å²) in [4.78, 5) is 0. The smallest absolute Gasteiger partial charge is 0.0349 e. The largest absolute Gasteiger partial charge is 0.398 e. The zero-order valence-corrected chi connectivity index (χ0v) is 17.7. The lowest BCUT2D eigenvalue weighted by Crippen LogP contribution is -2.08. The molecular formula is C26H32N2. The van der Waals surface area contributed by atoms with Gasteiger partial charge in [0.15, 0.2) is 0 Å². The highest BCUT2D eigenvalue weighted by Gasteiger charge is 2.20. The van der Waals surface area contributed by atoms with Crippen molar-refractivity contribution >= 4 is 11.4 Å². The minimum absolute atomic E-state index is 0.150. The molecule has 3 aromatic carbocycles. The zero-order chi connectivity index (χ0) is 20.4. The maximum absolute atomic E-state index is 6.25. The van der Waals surface area contributed by atoms with Crippen molar-refractivity contribution in [3.05, 3.63) is 94.0 Å². The third kappa shape index (κ3) is 4.06. The molecule has 28 heavy (non-hydrogen) atoms. The van der Waals surface area contributed by atoms with Crippen LogP contribution in [0, 0.1) is 6.92 Å². The van der Waals surface area contributed by atoms with Crippen molar-refractivity contribution in [2.24, 2.45) is 0 Å². The fourth-order valence-electron chi connectivity index (χ4n) is 3.88. The first-order valence-electron chi connectivity index (χ1n) is 10.1. The van der Waals surface area contributed by atoms with E-state index in [0.29, 0.717) is 11.8 Å². The minimum atomic E-state index is 0.150. The summed E-state index contributed by atoms with van der Waals surface area (Å²) < 4.78 is 0. The number of anilines is 2. The standard InChI is InChI=1S/C26H32N2/c1-16(2)22-14-20(10-12-24(22)27)26(19-8-6-18(5)7-9-19)21-11-13-25(28)23(15-21)17(3)4/h6-17,26H,27-28H2,1-5H3. The lowest BCUT2D eigenvalue weighted by molar-refractivity contribution is 0.853. The Morgan fingerprint density at radius 1 is 0.571 bits per heavy atom. The molecule has 0 aliphatic rings. The molecule has 0 radical (unpaired) electrons. The highest BCUT2D eigenvalue weighted by Crippen LogP contribution is 2.37. The van der Waals surface area contributed by atoms with Gasteiger partial charge in [0.1, 0.15) is 0 Å². The van der Waals surface area contributed by atoms with E-state index in [4.69, 9.17) is 11.5 Å². The first-order valence-corrected chi connectivity index (χ1v) is 10.1. The van der Waals surface area contributed by atoms with E-state index in [9.17, 15) is 0 Å². The molecule has 0 atom stereocenters. The van der Waals surface area contributed by atoms with Gasteiger partial charge in [-0.15, -0.1) is 0 Å². The molecule has 0 aliphatic heterocycles. The van der Waals surface area contributed by atoms with E-state index in [2.05, 4.69) is 83.1 Å². The monoisotopic (exact) mass is 372 g/mol. The van der Waals surface area contributed by atoms with Crippen molar-refractivity contribution in [2.75, 3.05) is 11.5 Å². The number of aryl methyl sites for hydroxylation is 1. The van der Waals surface area contributed by atoms with Gasteiger partial charge in [-0.25, -0.2) is 0 Å². The Morgan fingerprint density at radius 2 is 0.964 bits per heavy atom. The van der Waals surface area contributed by atoms with Gasteiger partial charge in [-0.05, 0) is 58.7 Å². The van der Waals surface area contributed by atoms with Gasteiger partial charge in [-0.2, -0.15) is 0 Å². The van der Waals surface area contributed by atoms with Crippen molar-refractivity contribution in [1.82, 2.24) is 0 Å². The van der Waals surface area contributed by atoms with Crippen molar-refractivity contribution in [2.45, 2.75) is 52.4 Å². The number of benzene rings is 3. The van der Waals surface area contributed by atoms with E-state index in [1.54, 1.807) is 0 Å². The van der Waals surface area contributed by atoms with Crippen molar-refractivity contribution < 1.29 is 0 Å². The molecule has 3 rings (SSSR count). The molecule has 0 aliphatic carbocycles. The van der Waals surface area contributed by atoms with Crippen molar-refractivity contribution in [3.63, 3.8) is 0 Å². The average molecular weight is 373 g/mol. The summed E-state index contributed by atoms with van der Waals surface area (Å²) in [5.74, 6) is 0.921. The molecule has 4 N–H and O–H groups in total. The van der Waals surface area contributed by atoms with Crippen molar-refractivity contribution in [3.8, 4) is 0 Å². The second-order valence-electron chi connectivity index (χ2n) is 8.43. The third-order valence-electron chi connectivity index (χ3n) is 5.54. The number of hydrogen-bond donors (Lipinski definition) is 2. The third-order valence-corrected chi connectivity index (χ3v) is 5.54. The molecule has 2 heteroatoms. The molecule has 0 unspecified atom stereocenters. The number of hydrogen-bond acceptors (Lipinski definition) is 2. The SMILES string of the molecule is Cc1ccc(C(c2ccc(N)c(C(C)C)c2)c2ccc(N)c(C(C)C)c2)cc1. The lowest BCUT2D eigenvalue weighted by atomic mass is 9.82. The van der Waals surface area contributed by atoms with Crippen LogP contribution < -0.4 is 11.5 Å². The lowest BCUT2D eigenvalue weighted by Gasteiger charge is -2.23. The van der Waals surface area contributed by atoms with Gasteiger partial charge in [0.05, 0.1) is 0 Å². The van der Waals surface area contributed by atoms with E-state index < -0.39 is 0 Å². The van der Waals surface area contributed by atoms with Gasteiger partial charge in [-0.3, -0.25) is 0 Å². The maximum Gasteiger partial charge on any atom is 0.0349 e. The normalized spacial score (nSPS) is 11.6. The van der Waals surface area contributed by atoms with Crippen LogP contribution in [-0.2, 0) is 0 Å². The van der Waals surface area contributed by atoms with Gasteiger partial charge in [-0.1, -0.05) is 81.8 Å². The fourth-order valence-corrected chi connectivity index (χ4v) is 3.88. The van der Waals surface area contributed by atoms with Crippen LogP contribution in [0.5, 0.6) is 0 Å². The molecule has 0 fully saturated rings. The molecule has 0 bridgehead atoms. The van der Waals surface area contributed by atoms with Gasteiger partial charge in [0.25, 0.3) is 0 Å². The Kier molecular flexibility index (Phi) is 5.79. The number of nitrogens with two attached hydrogens (primary N) is 2. The van der Waals surface area contributed by atoms with Crippen LogP contribution in [0.3, 0.4) is 0 Å². The molecule has 146 valence electrons. The summed E-state index contributed by atoms with van der Waals surface area (Å²) in [7, 11) is 0. The van der Waals surface area contributed by atoms with Crippen LogP contribution in [0.25, 0.3) is 0 Å². The Hall–Kier alpha value is -2.74. The zero-order valence-electron chi connectivity index (χ0n) is 17.7. The molecular weight excluding hydrogens is 340 g/mol. The van der Waals surface area contributed by atoms with Gasteiger partial charge < -0.3 is 11.5 Å². The van der Waals surface area contributed by atoms with Crippen LogP contribution in [0.15, 0.2) is 60.7 Å². The molecule has 0 saturated carbocycles. The highest BCUT2D eigenvalue weighted by atomic mass is 14.6. The summed E-state index contributed by atoms with van der Waals surface area (Å²) in [5.41, 5.74) is 21.7. The number of rotatable bonds is 5. The molecule has 0 spiro atoms. The second kappa shape index (κ2) is 8.10. The maximum atomic E-state index is 6.25. The van der Waals surface area contributed by atoms with E-state index in [0.717, 1.165) is 11.4 Å². The first-order chi connectivity index (χ1) is 13.3. The topological polar surface area (TPSA) is 52.0 Å². The van der Waals surface area contributed by atoms with Gasteiger partial charge in [0, 0.05) is 17.3 Å². The Balaban J connectivity index is 2.21. The molecule has 3 aromatic rings. The van der Waals surface area contributed by atoms with Gasteiger partial charge in [0.2, 0.25) is 0 Å². The average Bonchev–Trinajstić information content (AvgIpc) is 2.65. The van der Waals surface area contributed by atoms with E-state index >= 15 is 0 Å². The number of nitrogen functional groups attached to an aromatic ring is 2. The Morgan fingerprint density at radius 3 is 1.36 bits per heavy atom. The van der Waals surface area contributed by atoms with Crippen LogP contribution >= 0.6 is 0 Å². The summed E-state index contributed by atoms with van der Waals surface area (Å²) in [6.45, 7) is 10.9. The fraction of sp³-hybridized carbons (Fsp3) is 0.308. The minimum Gasteiger partial charge on any atom is -0.398 e. The Labute approximate surface area is 169 Å². The van der Waals surface area contributed by atoms with Crippen LogP contribution in [0.4, 0.5) is 11.4 Å². The van der Waals surface area contributed by atoms with Gasteiger partial charge >= 0.3 is 0 Å². The van der Waals surface area contributed by atoms with E-state index in [1.165, 1.54) is 33.4 Å². The molecule has 0 saturated heterocycles. The van der Waals surface area contributed by atoms with E-state index in [-0.39, 0.29) is 5.92 Å². The second-order valence-corrected chi connectivity index (χ2v) is 8.43.